The number of hydrogen-bond acceptors (Lipinski definition) is 6. The van der Waals surface area contributed by atoms with Crippen LogP contribution >= 0.6 is 0 Å². The molecule has 1 saturated carbocycles. The second-order valence-corrected chi connectivity index (χ2v) is 7.23. The van der Waals surface area contributed by atoms with Gasteiger partial charge < -0.3 is 20.4 Å². The third kappa shape index (κ3) is 2.29. The van der Waals surface area contributed by atoms with Gasteiger partial charge in [0, 0.05) is 45.3 Å². The van der Waals surface area contributed by atoms with Crippen LogP contribution < -0.4 is 15.5 Å². The Hall–Kier alpha value is -1.56. The number of rotatable bonds is 3. The summed E-state index contributed by atoms with van der Waals surface area (Å²) < 4.78 is 0. The Bertz CT molecular complexity index is 564. The van der Waals surface area contributed by atoms with Crippen LogP contribution in [0.3, 0.4) is 0 Å². The van der Waals surface area contributed by atoms with Gasteiger partial charge in [-0.3, -0.25) is 0 Å². The average Bonchev–Trinajstić information content (AvgIpc) is 3.08. The van der Waals surface area contributed by atoms with Crippen molar-refractivity contribution < 1.29 is 0 Å². The van der Waals surface area contributed by atoms with Crippen molar-refractivity contribution >= 4 is 17.6 Å². The van der Waals surface area contributed by atoms with E-state index in [2.05, 4.69) is 44.7 Å². The highest BCUT2D eigenvalue weighted by molar-refractivity contribution is 5.55. The minimum atomic E-state index is 0.401. The van der Waals surface area contributed by atoms with Crippen LogP contribution in [0.2, 0.25) is 0 Å². The highest BCUT2D eigenvalue weighted by Gasteiger charge is 2.58. The maximum Gasteiger partial charge on any atom is 0.223 e. The maximum absolute atomic E-state index is 5.99. The number of nitrogens with zero attached hydrogens (tertiary/aromatic N) is 5. The Balaban J connectivity index is 1.54. The molecular weight excluding hydrogens is 276 g/mol. The number of piperazine rings is 1. The molecule has 2 aliphatic heterocycles. The minimum absolute atomic E-state index is 0.401. The molecule has 3 fully saturated rings. The van der Waals surface area contributed by atoms with Gasteiger partial charge in [0.2, 0.25) is 5.95 Å². The molecule has 0 spiro atoms. The summed E-state index contributed by atoms with van der Waals surface area (Å²) in [6, 6.07) is 2.13. The molecule has 2 saturated heterocycles. The van der Waals surface area contributed by atoms with E-state index in [9.17, 15) is 0 Å². The highest BCUT2D eigenvalue weighted by Crippen LogP contribution is 2.60. The Morgan fingerprint density at radius 3 is 2.50 bits per heavy atom. The van der Waals surface area contributed by atoms with Crippen molar-refractivity contribution in [3.8, 4) is 0 Å². The van der Waals surface area contributed by atoms with Crippen LogP contribution in [-0.2, 0) is 0 Å². The van der Waals surface area contributed by atoms with Gasteiger partial charge >= 0.3 is 0 Å². The maximum atomic E-state index is 5.99. The average molecular weight is 302 g/mol. The van der Waals surface area contributed by atoms with Crippen molar-refractivity contribution in [1.82, 2.24) is 14.9 Å². The lowest BCUT2D eigenvalue weighted by Gasteiger charge is -2.33. The molecule has 4 rings (SSSR count). The summed E-state index contributed by atoms with van der Waals surface area (Å²) in [7, 11) is 2.16. The van der Waals surface area contributed by atoms with Crippen molar-refractivity contribution in [3.05, 3.63) is 6.07 Å². The number of piperidine rings is 1. The summed E-state index contributed by atoms with van der Waals surface area (Å²) in [4.78, 5) is 16.1. The summed E-state index contributed by atoms with van der Waals surface area (Å²) >= 11 is 0. The van der Waals surface area contributed by atoms with E-state index in [1.807, 2.05) is 0 Å². The van der Waals surface area contributed by atoms with Gasteiger partial charge in [-0.2, -0.15) is 9.97 Å². The third-order valence-electron chi connectivity index (χ3n) is 5.88. The lowest BCUT2D eigenvalue weighted by molar-refractivity contribution is 0.312. The fourth-order valence-electron chi connectivity index (χ4n) is 4.11. The SMILES string of the molecule is CCC12CC1CN(c1cc(N3CCN(C)CC3)nc(N)n1)C2. The van der Waals surface area contributed by atoms with Crippen LogP contribution in [0.4, 0.5) is 17.6 Å². The van der Waals surface area contributed by atoms with Gasteiger partial charge in [-0.15, -0.1) is 0 Å². The predicted molar refractivity (Wildman–Crippen MR) is 89.2 cm³/mol. The first kappa shape index (κ1) is 14.1. The van der Waals surface area contributed by atoms with Gasteiger partial charge in [-0.05, 0) is 31.2 Å². The summed E-state index contributed by atoms with van der Waals surface area (Å²) in [5, 5.41) is 0. The van der Waals surface area contributed by atoms with Gasteiger partial charge in [-0.1, -0.05) is 6.92 Å². The van der Waals surface area contributed by atoms with Crippen LogP contribution in [0.1, 0.15) is 19.8 Å². The molecule has 6 nitrogen and oxygen atoms in total. The fourth-order valence-corrected chi connectivity index (χ4v) is 4.11. The van der Waals surface area contributed by atoms with Crippen molar-refractivity contribution in [2.24, 2.45) is 11.3 Å². The molecule has 1 aliphatic carbocycles. The first-order valence-corrected chi connectivity index (χ1v) is 8.43. The molecule has 3 aliphatic rings. The molecule has 6 heteroatoms. The van der Waals surface area contributed by atoms with E-state index in [4.69, 9.17) is 5.73 Å². The third-order valence-corrected chi connectivity index (χ3v) is 5.88. The largest absolute Gasteiger partial charge is 0.368 e. The zero-order chi connectivity index (χ0) is 15.3. The first-order valence-electron chi connectivity index (χ1n) is 8.43. The monoisotopic (exact) mass is 302 g/mol. The van der Waals surface area contributed by atoms with E-state index >= 15 is 0 Å². The molecule has 0 radical (unpaired) electrons. The standard InChI is InChI=1S/C16H26N6/c1-3-16-9-12(16)10-22(11-16)14-8-13(18-15(17)19-14)21-6-4-20(2)5-7-21/h8,12H,3-7,9-11H2,1-2H3,(H2,17,18,19). The molecule has 0 bridgehead atoms. The van der Waals surface area contributed by atoms with Crippen LogP contribution in [0.25, 0.3) is 0 Å². The van der Waals surface area contributed by atoms with Crippen LogP contribution in [0.5, 0.6) is 0 Å². The molecule has 2 N–H and O–H groups in total. The van der Waals surface area contributed by atoms with Crippen molar-refractivity contribution in [2.45, 2.75) is 19.8 Å². The Morgan fingerprint density at radius 2 is 1.86 bits per heavy atom. The van der Waals surface area contributed by atoms with Crippen molar-refractivity contribution in [3.63, 3.8) is 0 Å². The lowest BCUT2D eigenvalue weighted by Crippen LogP contribution is -2.45. The first-order chi connectivity index (χ1) is 10.6. The van der Waals surface area contributed by atoms with Gasteiger partial charge in [0.15, 0.2) is 0 Å². The van der Waals surface area contributed by atoms with Crippen LogP contribution in [0.15, 0.2) is 6.07 Å². The van der Waals surface area contributed by atoms with E-state index in [1.165, 1.54) is 12.8 Å². The zero-order valence-electron chi connectivity index (χ0n) is 13.6. The molecule has 3 heterocycles. The van der Waals surface area contributed by atoms with E-state index in [1.54, 1.807) is 0 Å². The van der Waals surface area contributed by atoms with E-state index in [0.717, 1.165) is 56.8 Å². The van der Waals surface area contributed by atoms with Crippen molar-refractivity contribution in [1.29, 1.82) is 0 Å². The summed E-state index contributed by atoms with van der Waals surface area (Å²) in [6.07, 6.45) is 2.67. The van der Waals surface area contributed by atoms with Crippen molar-refractivity contribution in [2.75, 3.05) is 61.8 Å². The van der Waals surface area contributed by atoms with E-state index in [0.29, 0.717) is 11.4 Å². The number of likely N-dealkylation sites (N-methyl/N-ethyl adjacent to an activating group) is 1. The lowest BCUT2D eigenvalue weighted by atomic mass is 10.0. The molecule has 22 heavy (non-hydrogen) atoms. The van der Waals surface area contributed by atoms with Gasteiger partial charge in [0.05, 0.1) is 0 Å². The predicted octanol–water partition coefficient (Wildman–Crippen LogP) is 1.05. The summed E-state index contributed by atoms with van der Waals surface area (Å²) in [5.41, 5.74) is 6.55. The molecule has 120 valence electrons. The summed E-state index contributed by atoms with van der Waals surface area (Å²) in [6.45, 7) is 8.74. The molecule has 2 unspecified atom stereocenters. The number of fused-ring (bicyclic) bond motifs is 1. The van der Waals surface area contributed by atoms with Crippen LogP contribution in [-0.4, -0.2) is 61.2 Å². The smallest absolute Gasteiger partial charge is 0.223 e. The Labute approximate surface area is 132 Å². The molecule has 2 atom stereocenters. The molecule has 1 aromatic rings. The number of aromatic nitrogens is 2. The number of nitrogen functional groups attached to an aromatic ring is 1. The number of hydrogen-bond donors (Lipinski definition) is 1. The quantitative estimate of drug-likeness (QED) is 0.900. The Kier molecular flexibility index (Phi) is 3.18. The Morgan fingerprint density at radius 1 is 1.18 bits per heavy atom. The van der Waals surface area contributed by atoms with Gasteiger partial charge in [0.25, 0.3) is 0 Å². The second kappa shape index (κ2) is 4.98. The fraction of sp³-hybridized carbons (Fsp3) is 0.750. The minimum Gasteiger partial charge on any atom is -0.368 e. The molecular formula is C16H26N6. The zero-order valence-corrected chi connectivity index (χ0v) is 13.6. The molecule has 0 amide bonds. The number of anilines is 3. The second-order valence-electron chi connectivity index (χ2n) is 7.23. The molecule has 0 aromatic carbocycles. The summed E-state index contributed by atoms with van der Waals surface area (Å²) in [5.74, 6) is 3.27. The molecule has 1 aromatic heterocycles. The van der Waals surface area contributed by atoms with Gasteiger partial charge in [-0.25, -0.2) is 0 Å². The van der Waals surface area contributed by atoms with Crippen LogP contribution in [0, 0.1) is 11.3 Å². The van der Waals surface area contributed by atoms with E-state index < -0.39 is 0 Å². The topological polar surface area (TPSA) is 61.5 Å². The highest BCUT2D eigenvalue weighted by atomic mass is 15.3. The normalized spacial score (nSPS) is 31.5. The van der Waals surface area contributed by atoms with Gasteiger partial charge in [0.1, 0.15) is 11.6 Å². The van der Waals surface area contributed by atoms with E-state index in [-0.39, 0.29) is 0 Å². The number of nitrogens with two attached hydrogens (primary N) is 1.